The highest BCUT2D eigenvalue weighted by atomic mass is 16.1. The molecule has 1 rings (SSSR count). The summed E-state index contributed by atoms with van der Waals surface area (Å²) in [5, 5.41) is 7.01. The number of carbonyl (C=O) groups excluding carboxylic acids is 1. The third-order valence-corrected chi connectivity index (χ3v) is 2.40. The van der Waals surface area contributed by atoms with Gasteiger partial charge in [-0.3, -0.25) is 9.48 Å². The van der Waals surface area contributed by atoms with Crippen LogP contribution in [0.5, 0.6) is 0 Å². The highest BCUT2D eigenvalue weighted by Gasteiger charge is 2.16. The van der Waals surface area contributed by atoms with E-state index in [1.54, 1.807) is 17.9 Å². The van der Waals surface area contributed by atoms with E-state index in [2.05, 4.69) is 16.3 Å². The number of nitrogens with zero attached hydrogens (tertiary/aromatic N) is 2. The molecule has 0 saturated carbocycles. The number of hydrogen-bond donors (Lipinski definition) is 1. The molecule has 4 nitrogen and oxygen atoms in total. The Bertz CT molecular complexity index is 414. The van der Waals surface area contributed by atoms with E-state index in [1.165, 1.54) is 0 Å². The Balaban J connectivity index is 2.84. The maximum Gasteiger partial charge on any atom is 0.255 e. The van der Waals surface area contributed by atoms with E-state index < -0.39 is 0 Å². The molecule has 16 heavy (non-hydrogen) atoms. The van der Waals surface area contributed by atoms with E-state index in [9.17, 15) is 4.79 Å². The normalized spacial score (nSPS) is 11.9. The van der Waals surface area contributed by atoms with Crippen molar-refractivity contribution in [2.45, 2.75) is 32.7 Å². The minimum Gasteiger partial charge on any atom is -0.338 e. The summed E-state index contributed by atoms with van der Waals surface area (Å²) < 4.78 is 1.64. The Hall–Kier alpha value is -1.76. The fourth-order valence-electron chi connectivity index (χ4n) is 1.48. The molecule has 0 aromatic carbocycles. The zero-order valence-corrected chi connectivity index (χ0v) is 9.95. The van der Waals surface area contributed by atoms with Gasteiger partial charge in [0, 0.05) is 13.2 Å². The number of carbonyl (C=O) groups is 1. The Morgan fingerprint density at radius 1 is 1.69 bits per heavy atom. The number of rotatable bonds is 4. The van der Waals surface area contributed by atoms with Crippen LogP contribution in [0.2, 0.25) is 0 Å². The molecule has 0 bridgehead atoms. The maximum absolute atomic E-state index is 11.9. The molecule has 1 atom stereocenters. The van der Waals surface area contributed by atoms with Crippen molar-refractivity contribution >= 4 is 5.91 Å². The first kappa shape index (κ1) is 12.3. The van der Waals surface area contributed by atoms with E-state index in [1.807, 2.05) is 13.8 Å². The topological polar surface area (TPSA) is 46.9 Å². The van der Waals surface area contributed by atoms with Crippen LogP contribution in [0.15, 0.2) is 6.20 Å². The third kappa shape index (κ3) is 2.63. The fourth-order valence-corrected chi connectivity index (χ4v) is 1.48. The first-order chi connectivity index (χ1) is 7.62. The highest BCUT2D eigenvalue weighted by Crippen LogP contribution is 2.07. The van der Waals surface area contributed by atoms with Gasteiger partial charge in [-0.05, 0) is 12.8 Å². The summed E-state index contributed by atoms with van der Waals surface area (Å²) >= 11 is 0. The van der Waals surface area contributed by atoms with E-state index >= 15 is 0 Å². The molecule has 86 valence electrons. The van der Waals surface area contributed by atoms with E-state index in [4.69, 9.17) is 6.42 Å². The predicted molar refractivity (Wildman–Crippen MR) is 63.0 cm³/mol. The van der Waals surface area contributed by atoms with Crippen LogP contribution in [0.4, 0.5) is 0 Å². The molecular formula is C12H17N3O. The lowest BCUT2D eigenvalue weighted by molar-refractivity contribution is 0.0944. The van der Waals surface area contributed by atoms with Crippen molar-refractivity contribution in [2.24, 2.45) is 7.05 Å². The van der Waals surface area contributed by atoms with Crippen LogP contribution in [-0.2, 0) is 13.5 Å². The number of nitrogens with one attached hydrogen (secondary N) is 1. The summed E-state index contributed by atoms with van der Waals surface area (Å²) in [4.78, 5) is 11.9. The van der Waals surface area contributed by atoms with Crippen molar-refractivity contribution in [3.05, 3.63) is 17.5 Å². The van der Waals surface area contributed by atoms with Crippen LogP contribution < -0.4 is 5.32 Å². The standard InChI is InChI=1S/C12H17N3O/c1-5-9(6-2)13-12(16)10-8-15(4)14-11(10)7-3/h1,8-9H,6-7H2,2-4H3,(H,13,16). The van der Waals surface area contributed by atoms with Gasteiger partial charge in [0.2, 0.25) is 0 Å². The van der Waals surface area contributed by atoms with Gasteiger partial charge >= 0.3 is 0 Å². The Morgan fingerprint density at radius 3 is 2.88 bits per heavy atom. The molecule has 1 heterocycles. The van der Waals surface area contributed by atoms with Crippen LogP contribution in [0, 0.1) is 12.3 Å². The summed E-state index contributed by atoms with van der Waals surface area (Å²) in [6.45, 7) is 3.91. The van der Waals surface area contributed by atoms with Gasteiger partial charge < -0.3 is 5.32 Å². The van der Waals surface area contributed by atoms with E-state index in [0.717, 1.165) is 18.5 Å². The molecular weight excluding hydrogens is 202 g/mol. The molecule has 1 N–H and O–H groups in total. The summed E-state index contributed by atoms with van der Waals surface area (Å²) in [6, 6.07) is -0.211. The second kappa shape index (κ2) is 5.36. The van der Waals surface area contributed by atoms with Crippen LogP contribution in [0.1, 0.15) is 36.3 Å². The molecule has 4 heteroatoms. The molecule has 1 amide bonds. The predicted octanol–water partition coefficient (Wildman–Crippen LogP) is 1.12. The highest BCUT2D eigenvalue weighted by molar-refractivity contribution is 5.95. The van der Waals surface area contributed by atoms with Gasteiger partial charge in [0.1, 0.15) is 0 Å². The Kier molecular flexibility index (Phi) is 4.12. The van der Waals surface area contributed by atoms with Crippen molar-refractivity contribution in [1.29, 1.82) is 0 Å². The monoisotopic (exact) mass is 219 g/mol. The lowest BCUT2D eigenvalue weighted by atomic mass is 10.1. The molecule has 0 aliphatic rings. The second-order valence-electron chi connectivity index (χ2n) is 3.62. The molecule has 0 spiro atoms. The molecule has 0 saturated heterocycles. The number of aromatic nitrogens is 2. The van der Waals surface area contributed by atoms with Gasteiger partial charge in [-0.25, -0.2) is 0 Å². The molecule has 0 aliphatic carbocycles. The summed E-state index contributed by atoms with van der Waals surface area (Å²) in [5.74, 6) is 2.39. The number of terminal acetylenes is 1. The minimum absolute atomic E-state index is 0.144. The lowest BCUT2D eigenvalue weighted by Gasteiger charge is -2.09. The van der Waals surface area contributed by atoms with Gasteiger partial charge in [0.05, 0.1) is 17.3 Å². The van der Waals surface area contributed by atoms with Gasteiger partial charge in [0.25, 0.3) is 5.91 Å². The maximum atomic E-state index is 11.9. The van der Waals surface area contributed by atoms with Crippen molar-refractivity contribution in [3.63, 3.8) is 0 Å². The van der Waals surface area contributed by atoms with Crippen molar-refractivity contribution in [3.8, 4) is 12.3 Å². The summed E-state index contributed by atoms with van der Waals surface area (Å²) in [6.07, 6.45) is 8.48. The summed E-state index contributed by atoms with van der Waals surface area (Å²) in [7, 11) is 1.80. The van der Waals surface area contributed by atoms with Crippen molar-refractivity contribution < 1.29 is 4.79 Å². The number of hydrogen-bond acceptors (Lipinski definition) is 2. The lowest BCUT2D eigenvalue weighted by Crippen LogP contribution is -2.33. The van der Waals surface area contributed by atoms with Gasteiger partial charge in [-0.1, -0.05) is 19.8 Å². The fraction of sp³-hybridized carbons (Fsp3) is 0.500. The van der Waals surface area contributed by atoms with Gasteiger partial charge in [-0.15, -0.1) is 6.42 Å². The zero-order chi connectivity index (χ0) is 12.1. The number of aryl methyl sites for hydroxylation is 2. The Labute approximate surface area is 96.0 Å². The van der Waals surface area contributed by atoms with Crippen LogP contribution in [0.25, 0.3) is 0 Å². The average molecular weight is 219 g/mol. The van der Waals surface area contributed by atoms with Crippen molar-refractivity contribution in [2.75, 3.05) is 0 Å². The van der Waals surface area contributed by atoms with E-state index in [0.29, 0.717) is 5.56 Å². The molecule has 1 aromatic heterocycles. The van der Waals surface area contributed by atoms with Crippen molar-refractivity contribution in [1.82, 2.24) is 15.1 Å². The smallest absolute Gasteiger partial charge is 0.255 e. The second-order valence-corrected chi connectivity index (χ2v) is 3.62. The minimum atomic E-state index is -0.211. The first-order valence-electron chi connectivity index (χ1n) is 5.41. The third-order valence-electron chi connectivity index (χ3n) is 2.40. The van der Waals surface area contributed by atoms with Gasteiger partial charge in [-0.2, -0.15) is 5.10 Å². The largest absolute Gasteiger partial charge is 0.338 e. The average Bonchev–Trinajstić information content (AvgIpc) is 2.67. The quantitative estimate of drug-likeness (QED) is 0.771. The summed E-state index contributed by atoms with van der Waals surface area (Å²) in [5.41, 5.74) is 1.41. The molecule has 1 unspecified atom stereocenters. The molecule has 0 radical (unpaired) electrons. The zero-order valence-electron chi connectivity index (χ0n) is 9.95. The first-order valence-corrected chi connectivity index (χ1v) is 5.41. The molecule has 1 aromatic rings. The Morgan fingerprint density at radius 2 is 2.38 bits per heavy atom. The number of amides is 1. The van der Waals surface area contributed by atoms with Crippen LogP contribution >= 0.6 is 0 Å². The van der Waals surface area contributed by atoms with Gasteiger partial charge in [0.15, 0.2) is 0 Å². The molecule has 0 fully saturated rings. The SMILES string of the molecule is C#CC(CC)NC(=O)c1cn(C)nc1CC. The van der Waals surface area contributed by atoms with E-state index in [-0.39, 0.29) is 11.9 Å². The van der Waals surface area contributed by atoms with Crippen LogP contribution in [0.3, 0.4) is 0 Å². The molecule has 0 aliphatic heterocycles. The van der Waals surface area contributed by atoms with Crippen LogP contribution in [-0.4, -0.2) is 21.7 Å².